The van der Waals surface area contributed by atoms with Crippen molar-refractivity contribution in [2.75, 3.05) is 170 Å². The van der Waals surface area contributed by atoms with E-state index in [-0.39, 0.29) is 6.61 Å². The second-order valence-corrected chi connectivity index (χ2v) is 9.49. The number of carbonyl (C=O) groups is 1. The zero-order valence-electron chi connectivity index (χ0n) is 26.3. The fourth-order valence-electron chi connectivity index (χ4n) is 2.84. The van der Waals surface area contributed by atoms with Crippen molar-refractivity contribution in [3.8, 4) is 0 Å². The van der Waals surface area contributed by atoms with E-state index >= 15 is 0 Å². The molecule has 0 aromatic rings. The lowest BCUT2D eigenvalue weighted by Crippen LogP contribution is -2.15. The predicted molar refractivity (Wildman–Crippen MR) is 170 cm³/mol. The summed E-state index contributed by atoms with van der Waals surface area (Å²) in [5.41, 5.74) is 0. The van der Waals surface area contributed by atoms with Crippen molar-refractivity contribution in [2.45, 2.75) is 0 Å². The molecule has 44 heavy (non-hydrogen) atoms. The smallest absolute Gasteiger partial charge is 0.330 e. The van der Waals surface area contributed by atoms with Crippen molar-refractivity contribution in [3.63, 3.8) is 0 Å². The predicted octanol–water partition coefficient (Wildman–Crippen LogP) is 1.35. The van der Waals surface area contributed by atoms with Crippen molar-refractivity contribution < 1.29 is 66.4 Å². The first kappa shape index (κ1) is 43.5. The summed E-state index contributed by atoms with van der Waals surface area (Å²) in [6, 6.07) is 0. The van der Waals surface area contributed by atoms with Crippen LogP contribution in [-0.2, 0) is 66.4 Å². The van der Waals surface area contributed by atoms with Gasteiger partial charge in [0.1, 0.15) is 6.61 Å². The number of ether oxygens (including phenoxy) is 13. The zero-order valence-corrected chi connectivity index (χ0v) is 28.4. The van der Waals surface area contributed by atoms with Crippen LogP contribution in [0.5, 0.6) is 0 Å². The van der Waals surface area contributed by atoms with Gasteiger partial charge in [0.25, 0.3) is 0 Å². The molecule has 0 amide bonds. The van der Waals surface area contributed by atoms with E-state index in [2.05, 4.69) is 29.2 Å². The monoisotopic (exact) mass is 754 g/mol. The highest BCUT2D eigenvalue weighted by Gasteiger charge is 1.97. The third-order valence-corrected chi connectivity index (χ3v) is 5.39. The summed E-state index contributed by atoms with van der Waals surface area (Å²) in [6.45, 7) is 15.8. The lowest BCUT2D eigenvalue weighted by molar-refractivity contribution is -0.139. The maximum Gasteiger partial charge on any atom is 0.330 e. The molecular weight excluding hydrogens is 699 g/mol. The van der Waals surface area contributed by atoms with E-state index in [0.29, 0.717) is 152 Å². The maximum absolute atomic E-state index is 10.8. The molecule has 0 atom stereocenters. The minimum absolute atomic E-state index is 0.198. The van der Waals surface area contributed by atoms with Gasteiger partial charge in [0.15, 0.2) is 0 Å². The molecule has 0 spiro atoms. The molecule has 0 saturated carbocycles. The van der Waals surface area contributed by atoms with Crippen LogP contribution in [0.25, 0.3) is 0 Å². The fourth-order valence-corrected chi connectivity index (χ4v) is 3.15. The normalized spacial score (nSPS) is 11.3. The van der Waals surface area contributed by atoms with Gasteiger partial charge in [-0.3, -0.25) is 0 Å². The second-order valence-electron chi connectivity index (χ2n) is 8.41. The van der Waals surface area contributed by atoms with E-state index < -0.39 is 5.97 Å². The van der Waals surface area contributed by atoms with Crippen LogP contribution in [-0.4, -0.2) is 176 Å². The average molecular weight is 755 g/mol. The van der Waals surface area contributed by atoms with Gasteiger partial charge in [0.05, 0.1) is 159 Å². The molecule has 0 bridgehead atoms. The molecule has 0 fully saturated rings. The van der Waals surface area contributed by atoms with Gasteiger partial charge in [0.2, 0.25) is 0 Å². The van der Waals surface area contributed by atoms with E-state index in [1.165, 1.54) is 0 Å². The molecule has 0 aromatic carbocycles. The summed E-state index contributed by atoms with van der Waals surface area (Å²) >= 11 is 2.27. The van der Waals surface area contributed by atoms with Gasteiger partial charge in [-0.15, -0.1) is 0 Å². The minimum Gasteiger partial charge on any atom is -0.460 e. The Morgan fingerprint density at radius 2 is 0.545 bits per heavy atom. The van der Waals surface area contributed by atoms with Crippen molar-refractivity contribution in [2.24, 2.45) is 0 Å². The number of rotatable bonds is 39. The number of hydrogen-bond acceptors (Lipinski definition) is 14. The Morgan fingerprint density at radius 1 is 0.364 bits per heavy atom. The molecule has 0 rings (SSSR count). The van der Waals surface area contributed by atoms with Gasteiger partial charge in [-0.25, -0.2) is 4.79 Å². The molecule has 0 heterocycles. The SMILES string of the molecule is C=CC(=O)OCCOCCOCCOCCOCCOCCOCCOCCOCCOCCOCCOCCOCCI. The molecule has 0 aliphatic heterocycles. The van der Waals surface area contributed by atoms with Gasteiger partial charge in [0, 0.05) is 10.5 Å². The number of alkyl halides is 1. The van der Waals surface area contributed by atoms with Crippen molar-refractivity contribution in [1.29, 1.82) is 0 Å². The quantitative estimate of drug-likeness (QED) is 0.0294. The molecule has 0 radical (unpaired) electrons. The fraction of sp³-hybridized carbons (Fsp3) is 0.897. The maximum atomic E-state index is 10.8. The molecule has 0 N–H and O–H groups in total. The van der Waals surface area contributed by atoms with Crippen molar-refractivity contribution in [3.05, 3.63) is 12.7 Å². The van der Waals surface area contributed by atoms with Gasteiger partial charge in [-0.05, 0) is 0 Å². The third kappa shape index (κ3) is 39.5. The summed E-state index contributed by atoms with van der Waals surface area (Å²) < 4.78 is 70.7. The number of hydrogen-bond donors (Lipinski definition) is 0. The Morgan fingerprint density at radius 3 is 0.727 bits per heavy atom. The van der Waals surface area contributed by atoms with E-state index in [9.17, 15) is 4.79 Å². The Bertz CT molecular complexity index is 576. The topological polar surface area (TPSA) is 137 Å². The van der Waals surface area contributed by atoms with Crippen LogP contribution >= 0.6 is 22.6 Å². The lowest BCUT2D eigenvalue weighted by atomic mass is 10.6. The van der Waals surface area contributed by atoms with Crippen LogP contribution in [0.1, 0.15) is 0 Å². The molecule has 262 valence electrons. The first-order chi connectivity index (χ1) is 21.8. The van der Waals surface area contributed by atoms with E-state index in [1.807, 2.05) is 0 Å². The molecule has 0 aliphatic rings. The summed E-state index contributed by atoms with van der Waals surface area (Å²) in [4.78, 5) is 10.8. The van der Waals surface area contributed by atoms with Gasteiger partial charge in [-0.1, -0.05) is 29.2 Å². The largest absolute Gasteiger partial charge is 0.460 e. The Labute approximate surface area is 276 Å². The molecule has 0 aromatic heterocycles. The summed E-state index contributed by atoms with van der Waals surface area (Å²) in [6.07, 6.45) is 1.11. The molecule has 0 saturated heterocycles. The Hall–Kier alpha value is -0.540. The first-order valence-corrected chi connectivity index (χ1v) is 16.6. The minimum atomic E-state index is -0.459. The van der Waals surface area contributed by atoms with Crippen LogP contribution in [0.2, 0.25) is 0 Å². The Balaban J connectivity index is 3.05. The highest BCUT2D eigenvalue weighted by molar-refractivity contribution is 14.1. The molecule has 15 heteroatoms. The van der Waals surface area contributed by atoms with E-state index in [4.69, 9.17) is 61.6 Å². The van der Waals surface area contributed by atoms with Gasteiger partial charge in [-0.2, -0.15) is 0 Å². The van der Waals surface area contributed by atoms with Crippen LogP contribution < -0.4 is 0 Å². The Kier molecular flexibility index (Phi) is 40.0. The van der Waals surface area contributed by atoms with Crippen molar-refractivity contribution >= 4 is 28.6 Å². The summed E-state index contributed by atoms with van der Waals surface area (Å²) in [7, 11) is 0. The first-order valence-electron chi connectivity index (χ1n) is 15.1. The van der Waals surface area contributed by atoms with Crippen LogP contribution in [0.15, 0.2) is 12.7 Å². The van der Waals surface area contributed by atoms with Gasteiger partial charge < -0.3 is 61.6 Å². The molecular formula is C29H55IO14. The van der Waals surface area contributed by atoms with Crippen LogP contribution in [0.4, 0.5) is 0 Å². The molecule has 0 aliphatic carbocycles. The van der Waals surface area contributed by atoms with Gasteiger partial charge >= 0.3 is 5.97 Å². The highest BCUT2D eigenvalue weighted by atomic mass is 127. The summed E-state index contributed by atoms with van der Waals surface area (Å²) in [5.74, 6) is -0.459. The molecule has 0 unspecified atom stereocenters. The van der Waals surface area contributed by atoms with E-state index in [0.717, 1.165) is 17.1 Å². The third-order valence-electron chi connectivity index (χ3n) is 4.95. The van der Waals surface area contributed by atoms with Crippen LogP contribution in [0.3, 0.4) is 0 Å². The number of halogens is 1. The van der Waals surface area contributed by atoms with E-state index in [1.54, 1.807) is 0 Å². The lowest BCUT2D eigenvalue weighted by Gasteiger charge is -2.09. The second kappa shape index (κ2) is 40.5. The number of carbonyl (C=O) groups excluding carboxylic acids is 1. The van der Waals surface area contributed by atoms with Crippen molar-refractivity contribution in [1.82, 2.24) is 0 Å². The zero-order chi connectivity index (χ0) is 31.9. The average Bonchev–Trinajstić information content (AvgIpc) is 3.04. The van der Waals surface area contributed by atoms with Crippen LogP contribution in [0, 0.1) is 0 Å². The highest BCUT2D eigenvalue weighted by Crippen LogP contribution is 1.88. The number of esters is 1. The molecule has 14 nitrogen and oxygen atoms in total. The standard InChI is InChI=1S/C29H55IO14/c1-2-29(31)44-28-27-43-26-25-42-24-23-41-22-21-40-20-19-39-18-17-38-16-15-37-14-13-36-12-11-35-10-9-34-8-7-33-6-5-32-4-3-30/h2H,1,3-28H2. The summed E-state index contributed by atoms with van der Waals surface area (Å²) in [5, 5.41) is 0.